The molecule has 1 N–H and O–H groups in total. The van der Waals surface area contributed by atoms with Gasteiger partial charge in [-0.15, -0.1) is 5.10 Å². The van der Waals surface area contributed by atoms with Crippen molar-refractivity contribution in [3.8, 4) is 0 Å². The van der Waals surface area contributed by atoms with E-state index in [1.807, 2.05) is 55.5 Å². The van der Waals surface area contributed by atoms with Crippen LogP contribution in [0.15, 0.2) is 53.9 Å². The summed E-state index contributed by atoms with van der Waals surface area (Å²) < 4.78 is 3.87. The van der Waals surface area contributed by atoms with E-state index in [0.717, 1.165) is 54.8 Å². The molecule has 0 unspecified atom stereocenters. The second-order valence-corrected chi connectivity index (χ2v) is 8.85. The van der Waals surface area contributed by atoms with Crippen LogP contribution in [0.25, 0.3) is 0 Å². The maximum absolute atomic E-state index is 13.7. The molecule has 0 radical (unpaired) electrons. The minimum absolute atomic E-state index is 0.148. The van der Waals surface area contributed by atoms with Crippen molar-refractivity contribution < 1.29 is 9.59 Å². The van der Waals surface area contributed by atoms with Crippen molar-refractivity contribution in [2.24, 2.45) is 0 Å². The molecule has 2 amide bonds. The zero-order chi connectivity index (χ0) is 22.5. The summed E-state index contributed by atoms with van der Waals surface area (Å²) in [5, 5.41) is 8.84. The molecule has 1 aromatic heterocycles. The van der Waals surface area contributed by atoms with Crippen molar-refractivity contribution in [1.82, 2.24) is 14.9 Å². The van der Waals surface area contributed by atoms with E-state index >= 15 is 0 Å². The normalized spacial score (nSPS) is 14.8. The third-order valence-corrected chi connectivity index (χ3v) is 6.59. The maximum atomic E-state index is 13.7. The van der Waals surface area contributed by atoms with E-state index in [1.54, 1.807) is 10.3 Å². The molecule has 0 bridgehead atoms. The van der Waals surface area contributed by atoms with E-state index in [9.17, 15) is 9.59 Å². The summed E-state index contributed by atoms with van der Waals surface area (Å²) in [7, 11) is 0. The first kappa shape index (κ1) is 22.1. The van der Waals surface area contributed by atoms with Crippen molar-refractivity contribution in [1.29, 1.82) is 0 Å². The molecule has 1 fully saturated rings. The molecule has 1 aliphatic rings. The number of amides is 2. The molecule has 3 aromatic rings. The molecule has 0 aliphatic heterocycles. The SMILES string of the molecule is CCc1ccc([C@H](C(=O)NC2CCCC2)N(C(=O)c2csnn2)c2ccccc2C)cc1. The summed E-state index contributed by atoms with van der Waals surface area (Å²) in [4.78, 5) is 29.0. The lowest BCUT2D eigenvalue weighted by Crippen LogP contribution is -2.46. The van der Waals surface area contributed by atoms with Crippen LogP contribution in [0, 0.1) is 6.92 Å². The van der Waals surface area contributed by atoms with Gasteiger partial charge in [0.25, 0.3) is 5.91 Å². The highest BCUT2D eigenvalue weighted by molar-refractivity contribution is 7.03. The molecule has 0 saturated heterocycles. The Balaban J connectivity index is 1.81. The first-order chi connectivity index (χ1) is 15.6. The number of nitrogens with one attached hydrogen (secondary N) is 1. The summed E-state index contributed by atoms with van der Waals surface area (Å²) in [6.07, 6.45) is 5.09. The molecule has 1 atom stereocenters. The first-order valence-electron chi connectivity index (χ1n) is 11.1. The minimum Gasteiger partial charge on any atom is -0.351 e. The summed E-state index contributed by atoms with van der Waals surface area (Å²) in [5.41, 5.74) is 3.80. The Hall–Kier alpha value is -3.06. The highest BCUT2D eigenvalue weighted by atomic mass is 32.1. The van der Waals surface area contributed by atoms with Crippen molar-refractivity contribution in [2.45, 2.75) is 58.0 Å². The first-order valence-corrected chi connectivity index (χ1v) is 12.0. The maximum Gasteiger partial charge on any atom is 0.280 e. The van der Waals surface area contributed by atoms with Crippen molar-refractivity contribution in [3.63, 3.8) is 0 Å². The quantitative estimate of drug-likeness (QED) is 0.560. The van der Waals surface area contributed by atoms with Crippen molar-refractivity contribution >= 4 is 29.0 Å². The molecular formula is C25H28N4O2S. The Morgan fingerprint density at radius 1 is 1.12 bits per heavy atom. The van der Waals surface area contributed by atoms with Crippen LogP contribution in [0.2, 0.25) is 0 Å². The summed E-state index contributed by atoms with van der Waals surface area (Å²) in [5.74, 6) is -0.500. The van der Waals surface area contributed by atoms with Gasteiger partial charge in [0, 0.05) is 17.1 Å². The van der Waals surface area contributed by atoms with Gasteiger partial charge >= 0.3 is 0 Å². The zero-order valence-corrected chi connectivity index (χ0v) is 19.3. The molecular weight excluding hydrogens is 420 g/mol. The Bertz CT molecular complexity index is 1060. The molecule has 1 heterocycles. The van der Waals surface area contributed by atoms with Crippen LogP contribution in [0.3, 0.4) is 0 Å². The highest BCUT2D eigenvalue weighted by Crippen LogP contribution is 2.32. The minimum atomic E-state index is -0.809. The highest BCUT2D eigenvalue weighted by Gasteiger charge is 2.36. The number of anilines is 1. The van der Waals surface area contributed by atoms with Gasteiger partial charge in [0.05, 0.1) is 0 Å². The Labute approximate surface area is 192 Å². The number of para-hydroxylation sites is 1. The molecule has 1 saturated carbocycles. The largest absolute Gasteiger partial charge is 0.351 e. The second-order valence-electron chi connectivity index (χ2n) is 8.24. The van der Waals surface area contributed by atoms with Gasteiger partial charge in [0.1, 0.15) is 6.04 Å². The van der Waals surface area contributed by atoms with Crippen LogP contribution in [0.5, 0.6) is 0 Å². The fraction of sp³-hybridized carbons (Fsp3) is 0.360. The van der Waals surface area contributed by atoms with E-state index in [0.29, 0.717) is 5.69 Å². The van der Waals surface area contributed by atoms with Gasteiger partial charge in [-0.2, -0.15) is 0 Å². The van der Waals surface area contributed by atoms with Crippen LogP contribution < -0.4 is 10.2 Å². The van der Waals surface area contributed by atoms with Crippen molar-refractivity contribution in [2.75, 3.05) is 4.90 Å². The number of aryl methyl sites for hydroxylation is 2. The number of hydrogen-bond acceptors (Lipinski definition) is 5. The van der Waals surface area contributed by atoms with E-state index in [1.165, 1.54) is 5.56 Å². The predicted molar refractivity (Wildman–Crippen MR) is 127 cm³/mol. The van der Waals surface area contributed by atoms with Gasteiger partial charge in [0.2, 0.25) is 5.91 Å². The summed E-state index contributed by atoms with van der Waals surface area (Å²) in [6.45, 7) is 4.04. The molecule has 32 heavy (non-hydrogen) atoms. The number of rotatable bonds is 7. The molecule has 4 rings (SSSR count). The molecule has 7 heteroatoms. The van der Waals surface area contributed by atoms with Gasteiger partial charge in [-0.1, -0.05) is 66.7 Å². The Morgan fingerprint density at radius 2 is 1.84 bits per heavy atom. The lowest BCUT2D eigenvalue weighted by Gasteiger charge is -2.33. The number of nitrogens with zero attached hydrogens (tertiary/aromatic N) is 3. The molecule has 6 nitrogen and oxygen atoms in total. The zero-order valence-electron chi connectivity index (χ0n) is 18.5. The van der Waals surface area contributed by atoms with Crippen LogP contribution in [0.1, 0.15) is 65.8 Å². The lowest BCUT2D eigenvalue weighted by atomic mass is 9.99. The van der Waals surface area contributed by atoms with Gasteiger partial charge < -0.3 is 5.32 Å². The number of carbonyl (C=O) groups is 2. The molecule has 2 aromatic carbocycles. The standard InChI is InChI=1S/C25H28N4O2S/c1-3-18-12-14-19(15-13-18)23(24(30)26-20-9-5-6-10-20)29(22-11-7-4-8-17(22)2)25(31)21-16-32-28-27-21/h4,7-8,11-16,20,23H,3,5-6,9-10H2,1-2H3,(H,26,30)/t23-/m1/s1. The van der Waals surface area contributed by atoms with E-state index < -0.39 is 6.04 Å². The topological polar surface area (TPSA) is 75.2 Å². The van der Waals surface area contributed by atoms with Crippen LogP contribution in [-0.2, 0) is 11.2 Å². The number of aromatic nitrogens is 2. The van der Waals surface area contributed by atoms with Gasteiger partial charge in [-0.25, -0.2) is 0 Å². The number of hydrogen-bond donors (Lipinski definition) is 1. The van der Waals surface area contributed by atoms with Gasteiger partial charge in [0.15, 0.2) is 5.69 Å². The molecule has 0 spiro atoms. The van der Waals surface area contributed by atoms with E-state index in [2.05, 4.69) is 21.8 Å². The second kappa shape index (κ2) is 10.0. The fourth-order valence-electron chi connectivity index (χ4n) is 4.28. The molecule has 166 valence electrons. The fourth-order valence-corrected chi connectivity index (χ4v) is 4.71. The predicted octanol–water partition coefficient (Wildman–Crippen LogP) is 4.86. The average molecular weight is 449 g/mol. The van der Waals surface area contributed by atoms with Gasteiger partial charge in [-0.3, -0.25) is 14.5 Å². The third kappa shape index (κ3) is 4.72. The van der Waals surface area contributed by atoms with Crippen molar-refractivity contribution in [3.05, 3.63) is 76.3 Å². The Kier molecular flexibility index (Phi) is 6.95. The lowest BCUT2D eigenvalue weighted by molar-refractivity contribution is -0.123. The van der Waals surface area contributed by atoms with E-state index in [4.69, 9.17) is 0 Å². The van der Waals surface area contributed by atoms with E-state index in [-0.39, 0.29) is 23.6 Å². The number of carbonyl (C=O) groups excluding carboxylic acids is 2. The van der Waals surface area contributed by atoms with Crippen LogP contribution >= 0.6 is 11.5 Å². The smallest absolute Gasteiger partial charge is 0.280 e. The number of benzene rings is 2. The molecule has 1 aliphatic carbocycles. The third-order valence-electron chi connectivity index (χ3n) is 6.08. The van der Waals surface area contributed by atoms with Crippen LogP contribution in [0.4, 0.5) is 5.69 Å². The Morgan fingerprint density at radius 3 is 2.47 bits per heavy atom. The summed E-state index contributed by atoms with van der Waals surface area (Å²) in [6, 6.07) is 14.9. The monoisotopic (exact) mass is 448 g/mol. The average Bonchev–Trinajstić information content (AvgIpc) is 3.52. The van der Waals surface area contributed by atoms with Gasteiger partial charge in [-0.05, 0) is 60.5 Å². The van der Waals surface area contributed by atoms with Crippen LogP contribution in [-0.4, -0.2) is 27.4 Å². The summed E-state index contributed by atoms with van der Waals surface area (Å²) >= 11 is 1.12.